The fraction of sp³-hybridized carbons (Fsp3) is 0.412. The number of carbonyl (C=O) groups is 1. The number of carbonyl (C=O) groups excluding carboxylic acids is 1. The Morgan fingerprint density at radius 1 is 1.26 bits per heavy atom. The second kappa shape index (κ2) is 6.42. The number of benzene rings is 1. The van der Waals surface area contributed by atoms with Gasteiger partial charge in [-0.15, -0.1) is 0 Å². The van der Waals surface area contributed by atoms with E-state index in [-0.39, 0.29) is 12.5 Å². The van der Waals surface area contributed by atoms with Crippen LogP contribution in [0.25, 0.3) is 0 Å². The minimum atomic E-state index is -0.892. The third-order valence-electron chi connectivity index (χ3n) is 4.16. The number of ether oxygens (including phenoxy) is 1. The van der Waals surface area contributed by atoms with Crippen LogP contribution in [-0.2, 0) is 7.05 Å². The van der Waals surface area contributed by atoms with Gasteiger partial charge in [-0.3, -0.25) is 9.48 Å². The first-order valence-electron chi connectivity index (χ1n) is 7.75. The minimum absolute atomic E-state index is 0.0865. The summed E-state index contributed by atoms with van der Waals surface area (Å²) < 4.78 is 7.28. The van der Waals surface area contributed by atoms with Crippen LogP contribution < -0.4 is 4.74 Å². The van der Waals surface area contributed by atoms with E-state index in [4.69, 9.17) is 4.74 Å². The van der Waals surface area contributed by atoms with Gasteiger partial charge in [-0.25, -0.2) is 0 Å². The predicted octanol–water partition coefficient (Wildman–Crippen LogP) is 1.47. The summed E-state index contributed by atoms with van der Waals surface area (Å²) in [5, 5.41) is 14.8. The number of aliphatic hydroxyl groups is 1. The Balaban J connectivity index is 1.54. The van der Waals surface area contributed by atoms with Gasteiger partial charge < -0.3 is 14.7 Å². The van der Waals surface area contributed by atoms with Crippen LogP contribution in [0.3, 0.4) is 0 Å². The lowest BCUT2D eigenvalue weighted by Gasteiger charge is -2.37. The molecule has 1 aromatic carbocycles. The van der Waals surface area contributed by atoms with Gasteiger partial charge in [0.25, 0.3) is 5.91 Å². The van der Waals surface area contributed by atoms with Crippen molar-refractivity contribution in [2.45, 2.75) is 18.4 Å². The Labute approximate surface area is 135 Å². The molecule has 3 rings (SSSR count). The van der Waals surface area contributed by atoms with Crippen LogP contribution in [0.4, 0.5) is 0 Å². The van der Waals surface area contributed by atoms with E-state index < -0.39 is 5.60 Å². The van der Waals surface area contributed by atoms with Crippen molar-refractivity contribution in [3.63, 3.8) is 0 Å². The van der Waals surface area contributed by atoms with Crippen LogP contribution >= 0.6 is 0 Å². The molecule has 1 aromatic heterocycles. The minimum Gasteiger partial charge on any atom is -0.491 e. The van der Waals surface area contributed by atoms with E-state index in [0.29, 0.717) is 31.6 Å². The average Bonchev–Trinajstić information content (AvgIpc) is 3.01. The highest BCUT2D eigenvalue weighted by atomic mass is 16.5. The van der Waals surface area contributed by atoms with Gasteiger partial charge in [-0.05, 0) is 31.0 Å². The normalized spacial score (nSPS) is 17.0. The summed E-state index contributed by atoms with van der Waals surface area (Å²) in [5.74, 6) is 0.657. The van der Waals surface area contributed by atoms with Crippen molar-refractivity contribution >= 4 is 5.91 Å². The lowest BCUT2D eigenvalue weighted by atomic mass is 9.92. The molecule has 0 atom stereocenters. The number of aryl methyl sites for hydroxylation is 1. The van der Waals surface area contributed by atoms with Crippen LogP contribution in [0.2, 0.25) is 0 Å². The highest BCUT2D eigenvalue weighted by Crippen LogP contribution is 2.24. The zero-order valence-corrected chi connectivity index (χ0v) is 13.2. The Kier molecular flexibility index (Phi) is 4.34. The third-order valence-corrected chi connectivity index (χ3v) is 4.16. The monoisotopic (exact) mass is 315 g/mol. The topological polar surface area (TPSA) is 67.6 Å². The van der Waals surface area contributed by atoms with Crippen LogP contribution in [0.1, 0.15) is 23.3 Å². The number of aromatic nitrogens is 2. The number of para-hydroxylation sites is 1. The van der Waals surface area contributed by atoms with E-state index in [2.05, 4.69) is 5.10 Å². The lowest BCUT2D eigenvalue weighted by molar-refractivity contribution is -0.0476. The molecule has 0 unspecified atom stereocenters. The first-order valence-corrected chi connectivity index (χ1v) is 7.75. The molecule has 1 aliphatic rings. The summed E-state index contributed by atoms with van der Waals surface area (Å²) in [5.41, 5.74) is -0.449. The quantitative estimate of drug-likeness (QED) is 0.928. The second-order valence-corrected chi connectivity index (χ2v) is 5.99. The van der Waals surface area contributed by atoms with Crippen LogP contribution in [0.15, 0.2) is 42.6 Å². The van der Waals surface area contributed by atoms with Gasteiger partial charge in [-0.1, -0.05) is 18.2 Å². The van der Waals surface area contributed by atoms with Crippen molar-refractivity contribution in [2.24, 2.45) is 7.05 Å². The second-order valence-electron chi connectivity index (χ2n) is 5.99. The number of nitrogens with zero attached hydrogens (tertiary/aromatic N) is 3. The maximum absolute atomic E-state index is 12.3. The van der Waals surface area contributed by atoms with E-state index in [1.807, 2.05) is 30.3 Å². The first kappa shape index (κ1) is 15.6. The maximum atomic E-state index is 12.3. The van der Waals surface area contributed by atoms with Crippen molar-refractivity contribution in [2.75, 3.05) is 19.7 Å². The van der Waals surface area contributed by atoms with E-state index in [1.54, 1.807) is 28.9 Å². The zero-order chi connectivity index (χ0) is 16.3. The van der Waals surface area contributed by atoms with E-state index in [1.165, 1.54) is 0 Å². The zero-order valence-electron chi connectivity index (χ0n) is 13.2. The SMILES string of the molecule is Cn1ccc(C(=O)N2CCC(O)(COc3ccccc3)CC2)n1. The van der Waals surface area contributed by atoms with Gasteiger partial charge in [0.05, 0.1) is 0 Å². The van der Waals surface area contributed by atoms with Gasteiger partial charge >= 0.3 is 0 Å². The number of likely N-dealkylation sites (tertiary alicyclic amines) is 1. The van der Waals surface area contributed by atoms with Crippen molar-refractivity contribution in [3.8, 4) is 5.75 Å². The average molecular weight is 315 g/mol. The first-order chi connectivity index (χ1) is 11.1. The molecule has 0 saturated carbocycles. The molecule has 6 nitrogen and oxygen atoms in total. The fourth-order valence-electron chi connectivity index (χ4n) is 2.70. The number of rotatable bonds is 4. The standard InChI is InChI=1S/C17H21N3O3/c1-19-10-7-15(18-19)16(21)20-11-8-17(22,9-12-20)13-23-14-5-3-2-4-6-14/h2-7,10,22H,8-9,11-13H2,1H3. The molecular formula is C17H21N3O3. The Morgan fingerprint density at radius 3 is 2.57 bits per heavy atom. The molecule has 0 spiro atoms. The number of amides is 1. The smallest absolute Gasteiger partial charge is 0.274 e. The predicted molar refractivity (Wildman–Crippen MR) is 85.2 cm³/mol. The molecule has 0 radical (unpaired) electrons. The Bertz CT molecular complexity index is 661. The molecule has 1 saturated heterocycles. The molecule has 122 valence electrons. The van der Waals surface area contributed by atoms with Crippen molar-refractivity contribution in [1.82, 2.24) is 14.7 Å². The fourth-order valence-corrected chi connectivity index (χ4v) is 2.70. The van der Waals surface area contributed by atoms with Gasteiger partial charge in [0.1, 0.15) is 23.7 Å². The van der Waals surface area contributed by atoms with Gasteiger partial charge in [-0.2, -0.15) is 5.10 Å². The summed E-state index contributed by atoms with van der Waals surface area (Å²) in [4.78, 5) is 14.1. The number of hydrogen-bond acceptors (Lipinski definition) is 4. The molecule has 1 N–H and O–H groups in total. The third kappa shape index (κ3) is 3.71. The van der Waals surface area contributed by atoms with Crippen molar-refractivity contribution < 1.29 is 14.6 Å². The molecule has 1 aliphatic heterocycles. The van der Waals surface area contributed by atoms with Crippen molar-refractivity contribution in [1.29, 1.82) is 0 Å². The van der Waals surface area contributed by atoms with Crippen LogP contribution in [0, 0.1) is 0 Å². The highest BCUT2D eigenvalue weighted by Gasteiger charge is 2.35. The molecule has 1 amide bonds. The molecule has 2 heterocycles. The Hall–Kier alpha value is -2.34. The lowest BCUT2D eigenvalue weighted by Crippen LogP contribution is -2.49. The largest absolute Gasteiger partial charge is 0.491 e. The molecule has 6 heteroatoms. The number of hydrogen-bond donors (Lipinski definition) is 1. The van der Waals surface area contributed by atoms with Crippen LogP contribution in [-0.4, -0.2) is 51.0 Å². The van der Waals surface area contributed by atoms with E-state index in [9.17, 15) is 9.90 Å². The Morgan fingerprint density at radius 2 is 1.96 bits per heavy atom. The van der Waals surface area contributed by atoms with Gasteiger partial charge in [0.15, 0.2) is 0 Å². The van der Waals surface area contributed by atoms with Gasteiger partial charge in [0, 0.05) is 26.3 Å². The number of piperidine rings is 1. The summed E-state index contributed by atoms with van der Waals surface area (Å²) in [7, 11) is 1.78. The molecule has 1 fully saturated rings. The van der Waals surface area contributed by atoms with E-state index in [0.717, 1.165) is 5.75 Å². The molecule has 0 bridgehead atoms. The summed E-state index contributed by atoms with van der Waals surface area (Å²) in [6, 6.07) is 11.2. The van der Waals surface area contributed by atoms with Gasteiger partial charge in [0.2, 0.25) is 0 Å². The molecule has 2 aromatic rings. The molecular weight excluding hydrogens is 294 g/mol. The highest BCUT2D eigenvalue weighted by molar-refractivity contribution is 5.92. The summed E-state index contributed by atoms with van der Waals surface area (Å²) in [6.07, 6.45) is 2.75. The van der Waals surface area contributed by atoms with Crippen LogP contribution in [0.5, 0.6) is 5.75 Å². The maximum Gasteiger partial charge on any atom is 0.274 e. The van der Waals surface area contributed by atoms with Crippen molar-refractivity contribution in [3.05, 3.63) is 48.3 Å². The molecule has 0 aliphatic carbocycles. The summed E-state index contributed by atoms with van der Waals surface area (Å²) in [6.45, 7) is 1.25. The molecule has 23 heavy (non-hydrogen) atoms. The summed E-state index contributed by atoms with van der Waals surface area (Å²) >= 11 is 0. The van der Waals surface area contributed by atoms with E-state index >= 15 is 0 Å².